The topological polar surface area (TPSA) is 38.9 Å². The van der Waals surface area contributed by atoms with Crippen LogP contribution in [-0.4, -0.2) is 11.0 Å². The first-order chi connectivity index (χ1) is 9.20. The summed E-state index contributed by atoms with van der Waals surface area (Å²) < 4.78 is 13.4. The van der Waals surface area contributed by atoms with Crippen molar-refractivity contribution in [2.75, 3.05) is 0 Å². The third-order valence-corrected chi connectivity index (χ3v) is 4.28. The second-order valence-electron chi connectivity index (χ2n) is 4.33. The van der Waals surface area contributed by atoms with Crippen LogP contribution in [0, 0.1) is 5.82 Å². The minimum atomic E-state index is -0.229. The number of aromatic nitrogens is 1. The first kappa shape index (κ1) is 14.0. The van der Waals surface area contributed by atoms with Crippen LogP contribution in [0.4, 0.5) is 4.39 Å². The van der Waals surface area contributed by atoms with Crippen LogP contribution >= 0.6 is 11.8 Å². The maximum absolute atomic E-state index is 13.4. The van der Waals surface area contributed by atoms with E-state index in [1.807, 2.05) is 31.2 Å². The monoisotopic (exact) mass is 276 g/mol. The van der Waals surface area contributed by atoms with E-state index in [1.54, 1.807) is 30.1 Å². The third kappa shape index (κ3) is 3.78. The minimum absolute atomic E-state index is 0.00981. The molecule has 2 rings (SSSR count). The van der Waals surface area contributed by atoms with Gasteiger partial charge in [-0.1, -0.05) is 36.9 Å². The fourth-order valence-electron chi connectivity index (χ4n) is 1.85. The van der Waals surface area contributed by atoms with Crippen LogP contribution in [0.3, 0.4) is 0 Å². The van der Waals surface area contributed by atoms with Crippen LogP contribution in [0.5, 0.6) is 0 Å². The summed E-state index contributed by atoms with van der Waals surface area (Å²) in [6, 6.07) is 12.4. The van der Waals surface area contributed by atoms with Crippen molar-refractivity contribution >= 4 is 11.8 Å². The van der Waals surface area contributed by atoms with E-state index in [4.69, 9.17) is 5.73 Å². The van der Waals surface area contributed by atoms with Gasteiger partial charge in [0.1, 0.15) is 5.82 Å². The molecule has 2 unspecified atom stereocenters. The highest BCUT2D eigenvalue weighted by molar-refractivity contribution is 7.99. The first-order valence-corrected chi connectivity index (χ1v) is 7.17. The smallest absolute Gasteiger partial charge is 0.123 e. The molecule has 0 saturated carbocycles. The fraction of sp³-hybridized carbons (Fsp3) is 0.267. The lowest BCUT2D eigenvalue weighted by Crippen LogP contribution is -2.25. The van der Waals surface area contributed by atoms with E-state index in [2.05, 4.69) is 4.98 Å². The first-order valence-electron chi connectivity index (χ1n) is 6.29. The molecular formula is C15H17FN2S. The predicted molar refractivity (Wildman–Crippen MR) is 77.5 cm³/mol. The SMILES string of the molecule is CCC(N)C(Sc1ccccn1)c1cccc(F)c1. The van der Waals surface area contributed by atoms with E-state index in [1.165, 1.54) is 6.07 Å². The zero-order chi connectivity index (χ0) is 13.7. The number of thioether (sulfide) groups is 1. The molecule has 2 aromatic rings. The molecule has 100 valence electrons. The van der Waals surface area contributed by atoms with Crippen molar-refractivity contribution in [1.82, 2.24) is 4.98 Å². The van der Waals surface area contributed by atoms with Crippen LogP contribution < -0.4 is 5.73 Å². The Morgan fingerprint density at radius 2 is 2.11 bits per heavy atom. The van der Waals surface area contributed by atoms with Crippen LogP contribution in [0.1, 0.15) is 24.2 Å². The third-order valence-electron chi connectivity index (χ3n) is 2.92. The molecule has 2 nitrogen and oxygen atoms in total. The summed E-state index contributed by atoms with van der Waals surface area (Å²) in [7, 11) is 0. The van der Waals surface area contributed by atoms with Gasteiger partial charge in [-0.25, -0.2) is 9.37 Å². The number of rotatable bonds is 5. The molecular weight excluding hydrogens is 259 g/mol. The summed E-state index contributed by atoms with van der Waals surface area (Å²) in [4.78, 5) is 4.30. The van der Waals surface area contributed by atoms with Gasteiger partial charge in [0.15, 0.2) is 0 Å². The quantitative estimate of drug-likeness (QED) is 0.844. The number of hydrogen-bond acceptors (Lipinski definition) is 3. The lowest BCUT2D eigenvalue weighted by Gasteiger charge is -2.22. The van der Waals surface area contributed by atoms with Gasteiger partial charge >= 0.3 is 0 Å². The van der Waals surface area contributed by atoms with Crippen molar-refractivity contribution in [1.29, 1.82) is 0 Å². The van der Waals surface area contributed by atoms with E-state index in [0.717, 1.165) is 17.0 Å². The van der Waals surface area contributed by atoms with Gasteiger partial charge in [0.25, 0.3) is 0 Å². The Hall–Kier alpha value is -1.39. The number of nitrogens with zero attached hydrogens (tertiary/aromatic N) is 1. The predicted octanol–water partition coefficient (Wildman–Crippen LogP) is 3.79. The van der Waals surface area contributed by atoms with Crippen molar-refractivity contribution in [3.8, 4) is 0 Å². The van der Waals surface area contributed by atoms with Crippen LogP contribution in [0.25, 0.3) is 0 Å². The van der Waals surface area contributed by atoms with Crippen molar-refractivity contribution in [3.05, 3.63) is 60.0 Å². The second-order valence-corrected chi connectivity index (χ2v) is 5.50. The molecule has 0 aliphatic heterocycles. The van der Waals surface area contributed by atoms with Gasteiger partial charge in [-0.15, -0.1) is 0 Å². The average Bonchev–Trinajstić information content (AvgIpc) is 2.45. The summed E-state index contributed by atoms with van der Waals surface area (Å²) in [6.07, 6.45) is 2.59. The van der Waals surface area contributed by atoms with Crippen LogP contribution in [0.15, 0.2) is 53.7 Å². The van der Waals surface area contributed by atoms with E-state index in [0.29, 0.717) is 0 Å². The average molecular weight is 276 g/mol. The van der Waals surface area contributed by atoms with Crippen LogP contribution in [-0.2, 0) is 0 Å². The maximum Gasteiger partial charge on any atom is 0.123 e. The molecule has 1 heterocycles. The van der Waals surface area contributed by atoms with Crippen molar-refractivity contribution in [2.24, 2.45) is 5.73 Å². The summed E-state index contributed by atoms with van der Waals surface area (Å²) in [5.74, 6) is -0.229. The number of hydrogen-bond donors (Lipinski definition) is 1. The van der Waals surface area contributed by atoms with E-state index in [9.17, 15) is 4.39 Å². The molecule has 2 N–H and O–H groups in total. The number of pyridine rings is 1. The van der Waals surface area contributed by atoms with Gasteiger partial charge in [-0.2, -0.15) is 0 Å². The standard InChI is InChI=1S/C15H17FN2S/c1-2-13(17)15(11-6-5-7-12(16)10-11)19-14-8-3-4-9-18-14/h3-10,13,15H,2,17H2,1H3. The molecule has 4 heteroatoms. The normalized spacial score (nSPS) is 14.1. The Bertz CT molecular complexity index is 519. The second kappa shape index (κ2) is 6.68. The Morgan fingerprint density at radius 3 is 2.74 bits per heavy atom. The molecule has 1 aromatic carbocycles. The molecule has 0 radical (unpaired) electrons. The van der Waals surface area contributed by atoms with Gasteiger partial charge in [0.2, 0.25) is 0 Å². The molecule has 0 fully saturated rings. The highest BCUT2D eigenvalue weighted by Crippen LogP contribution is 2.37. The molecule has 0 aliphatic carbocycles. The highest BCUT2D eigenvalue weighted by atomic mass is 32.2. The molecule has 0 aliphatic rings. The maximum atomic E-state index is 13.4. The summed E-state index contributed by atoms with van der Waals surface area (Å²) in [5, 5.41) is 0.913. The van der Waals surface area contributed by atoms with Crippen LogP contribution in [0.2, 0.25) is 0 Å². The molecule has 0 saturated heterocycles. The lowest BCUT2D eigenvalue weighted by atomic mass is 10.0. The van der Waals surface area contributed by atoms with Gasteiger partial charge in [0.05, 0.1) is 10.3 Å². The van der Waals surface area contributed by atoms with E-state index >= 15 is 0 Å². The molecule has 0 spiro atoms. The zero-order valence-electron chi connectivity index (χ0n) is 10.8. The largest absolute Gasteiger partial charge is 0.326 e. The Morgan fingerprint density at radius 1 is 1.26 bits per heavy atom. The zero-order valence-corrected chi connectivity index (χ0v) is 11.6. The summed E-state index contributed by atoms with van der Waals surface area (Å²) >= 11 is 1.58. The molecule has 2 atom stereocenters. The fourth-order valence-corrected chi connectivity index (χ4v) is 3.04. The lowest BCUT2D eigenvalue weighted by molar-refractivity contribution is 0.609. The van der Waals surface area contributed by atoms with Gasteiger partial charge in [0, 0.05) is 12.2 Å². The minimum Gasteiger partial charge on any atom is -0.326 e. The van der Waals surface area contributed by atoms with Gasteiger partial charge < -0.3 is 5.73 Å². The van der Waals surface area contributed by atoms with Crippen molar-refractivity contribution in [3.63, 3.8) is 0 Å². The van der Waals surface area contributed by atoms with Gasteiger partial charge in [-0.3, -0.25) is 0 Å². The van der Waals surface area contributed by atoms with E-state index in [-0.39, 0.29) is 17.1 Å². The Balaban J connectivity index is 2.26. The number of nitrogens with two attached hydrogens (primary N) is 1. The molecule has 0 bridgehead atoms. The Labute approximate surface area is 117 Å². The van der Waals surface area contributed by atoms with Gasteiger partial charge in [-0.05, 0) is 36.2 Å². The van der Waals surface area contributed by atoms with Crippen molar-refractivity contribution < 1.29 is 4.39 Å². The number of halogens is 1. The number of benzene rings is 1. The summed E-state index contributed by atoms with van der Waals surface area (Å²) in [5.41, 5.74) is 7.08. The Kier molecular flexibility index (Phi) is 4.93. The highest BCUT2D eigenvalue weighted by Gasteiger charge is 2.20. The van der Waals surface area contributed by atoms with Crippen molar-refractivity contribution in [2.45, 2.75) is 29.7 Å². The molecule has 19 heavy (non-hydrogen) atoms. The summed E-state index contributed by atoms with van der Waals surface area (Å²) in [6.45, 7) is 2.04. The molecule has 0 amide bonds. The molecule has 1 aromatic heterocycles. The van der Waals surface area contributed by atoms with E-state index < -0.39 is 0 Å².